The molecular formula is C17H32N2. The van der Waals surface area contributed by atoms with Crippen molar-refractivity contribution in [1.82, 2.24) is 10.2 Å². The summed E-state index contributed by atoms with van der Waals surface area (Å²) >= 11 is 0. The second kappa shape index (κ2) is 5.37. The Labute approximate surface area is 119 Å². The molecule has 2 saturated carbocycles. The van der Waals surface area contributed by atoms with E-state index in [-0.39, 0.29) is 0 Å². The molecule has 0 aromatic heterocycles. The maximum Gasteiger partial charge on any atom is 0.0309 e. The van der Waals surface area contributed by atoms with Crippen LogP contribution in [-0.2, 0) is 0 Å². The van der Waals surface area contributed by atoms with Crippen LogP contribution in [0.1, 0.15) is 78.1 Å². The van der Waals surface area contributed by atoms with Gasteiger partial charge in [0.1, 0.15) is 0 Å². The molecule has 110 valence electrons. The quantitative estimate of drug-likeness (QED) is 0.726. The van der Waals surface area contributed by atoms with Gasteiger partial charge in [0.05, 0.1) is 0 Å². The minimum absolute atomic E-state index is 0.350. The lowest BCUT2D eigenvalue weighted by molar-refractivity contribution is -0.0108. The standard InChI is InChI=1S/C17H32N2/c1-16(2)13-18-17(11-7-8-12-17)14-19(16)15-9-5-3-4-6-10-15/h15,18H,3-14H2,1-2H3. The van der Waals surface area contributed by atoms with Crippen LogP contribution in [0.4, 0.5) is 0 Å². The molecule has 19 heavy (non-hydrogen) atoms. The van der Waals surface area contributed by atoms with Crippen molar-refractivity contribution in [2.45, 2.75) is 95.2 Å². The Bertz CT molecular complexity index is 296. The normalized spacial score (nSPS) is 32.5. The molecule has 2 heteroatoms. The molecule has 0 aromatic rings. The van der Waals surface area contributed by atoms with E-state index in [1.807, 2.05) is 0 Å². The summed E-state index contributed by atoms with van der Waals surface area (Å²) in [6, 6.07) is 0.858. The predicted octanol–water partition coefficient (Wildman–Crippen LogP) is 3.71. The summed E-state index contributed by atoms with van der Waals surface area (Å²) in [6.07, 6.45) is 14.4. The minimum Gasteiger partial charge on any atom is -0.308 e. The molecule has 0 atom stereocenters. The maximum absolute atomic E-state index is 3.93. The van der Waals surface area contributed by atoms with E-state index in [1.165, 1.54) is 77.3 Å². The first kappa shape index (κ1) is 13.9. The van der Waals surface area contributed by atoms with Crippen molar-refractivity contribution >= 4 is 0 Å². The summed E-state index contributed by atoms with van der Waals surface area (Å²) in [5, 5.41) is 3.93. The molecule has 1 heterocycles. The van der Waals surface area contributed by atoms with E-state index in [4.69, 9.17) is 0 Å². The van der Waals surface area contributed by atoms with Gasteiger partial charge in [0, 0.05) is 30.2 Å². The average molecular weight is 264 g/mol. The molecule has 1 saturated heterocycles. The van der Waals surface area contributed by atoms with Crippen LogP contribution >= 0.6 is 0 Å². The first-order valence-corrected chi connectivity index (χ1v) is 8.63. The van der Waals surface area contributed by atoms with Gasteiger partial charge in [0.2, 0.25) is 0 Å². The summed E-state index contributed by atoms with van der Waals surface area (Å²) in [7, 11) is 0. The third-order valence-electron chi connectivity index (χ3n) is 5.97. The Morgan fingerprint density at radius 1 is 0.895 bits per heavy atom. The second-order valence-corrected chi connectivity index (χ2v) is 7.93. The van der Waals surface area contributed by atoms with Gasteiger partial charge >= 0.3 is 0 Å². The van der Waals surface area contributed by atoms with Crippen molar-refractivity contribution in [2.24, 2.45) is 0 Å². The Morgan fingerprint density at radius 3 is 2.16 bits per heavy atom. The Kier molecular flexibility index (Phi) is 3.92. The highest BCUT2D eigenvalue weighted by Crippen LogP contribution is 2.38. The molecule has 3 aliphatic rings. The molecule has 3 rings (SSSR count). The van der Waals surface area contributed by atoms with Crippen LogP contribution in [0, 0.1) is 0 Å². The van der Waals surface area contributed by atoms with Crippen molar-refractivity contribution in [3.8, 4) is 0 Å². The van der Waals surface area contributed by atoms with Gasteiger partial charge in [-0.15, -0.1) is 0 Å². The molecule has 0 amide bonds. The van der Waals surface area contributed by atoms with E-state index < -0.39 is 0 Å². The maximum atomic E-state index is 3.93. The molecule has 3 fully saturated rings. The van der Waals surface area contributed by atoms with Crippen molar-refractivity contribution in [2.75, 3.05) is 13.1 Å². The van der Waals surface area contributed by atoms with Crippen LogP contribution in [0.15, 0.2) is 0 Å². The number of nitrogens with one attached hydrogen (secondary N) is 1. The summed E-state index contributed by atoms with van der Waals surface area (Å²) in [6.45, 7) is 7.40. The van der Waals surface area contributed by atoms with Crippen molar-refractivity contribution in [3.05, 3.63) is 0 Å². The number of hydrogen-bond acceptors (Lipinski definition) is 2. The lowest BCUT2D eigenvalue weighted by atomic mass is 9.85. The monoisotopic (exact) mass is 264 g/mol. The molecular weight excluding hydrogens is 232 g/mol. The Hall–Kier alpha value is -0.0800. The van der Waals surface area contributed by atoms with E-state index in [0.29, 0.717) is 11.1 Å². The van der Waals surface area contributed by atoms with E-state index in [1.54, 1.807) is 0 Å². The highest BCUT2D eigenvalue weighted by atomic mass is 15.3. The van der Waals surface area contributed by atoms with Crippen molar-refractivity contribution < 1.29 is 0 Å². The molecule has 0 radical (unpaired) electrons. The van der Waals surface area contributed by atoms with Gasteiger partial charge < -0.3 is 5.32 Å². The van der Waals surface area contributed by atoms with Gasteiger partial charge in [0.25, 0.3) is 0 Å². The zero-order chi connectivity index (χ0) is 13.3. The number of hydrogen-bond donors (Lipinski definition) is 1. The fourth-order valence-corrected chi connectivity index (χ4v) is 4.68. The summed E-state index contributed by atoms with van der Waals surface area (Å²) in [4.78, 5) is 2.90. The summed E-state index contributed by atoms with van der Waals surface area (Å²) in [5.74, 6) is 0. The minimum atomic E-state index is 0.350. The first-order chi connectivity index (χ1) is 9.11. The third kappa shape index (κ3) is 2.85. The van der Waals surface area contributed by atoms with Crippen LogP contribution < -0.4 is 5.32 Å². The van der Waals surface area contributed by atoms with Gasteiger partial charge in [-0.05, 0) is 39.5 Å². The molecule has 1 spiro atoms. The van der Waals surface area contributed by atoms with Crippen LogP contribution in [-0.4, -0.2) is 35.1 Å². The predicted molar refractivity (Wildman–Crippen MR) is 81.5 cm³/mol. The van der Waals surface area contributed by atoms with Crippen LogP contribution in [0.25, 0.3) is 0 Å². The number of piperazine rings is 1. The topological polar surface area (TPSA) is 15.3 Å². The van der Waals surface area contributed by atoms with E-state index in [2.05, 4.69) is 24.1 Å². The van der Waals surface area contributed by atoms with Crippen LogP contribution in [0.3, 0.4) is 0 Å². The van der Waals surface area contributed by atoms with E-state index in [9.17, 15) is 0 Å². The highest BCUT2D eigenvalue weighted by molar-refractivity contribution is 5.05. The molecule has 1 N–H and O–H groups in total. The third-order valence-corrected chi connectivity index (χ3v) is 5.97. The van der Waals surface area contributed by atoms with Crippen molar-refractivity contribution in [1.29, 1.82) is 0 Å². The Morgan fingerprint density at radius 2 is 1.53 bits per heavy atom. The van der Waals surface area contributed by atoms with E-state index >= 15 is 0 Å². The number of rotatable bonds is 1. The fraction of sp³-hybridized carbons (Fsp3) is 1.00. The Balaban J connectivity index is 1.74. The van der Waals surface area contributed by atoms with Crippen LogP contribution in [0.2, 0.25) is 0 Å². The fourth-order valence-electron chi connectivity index (χ4n) is 4.68. The second-order valence-electron chi connectivity index (χ2n) is 7.93. The highest BCUT2D eigenvalue weighted by Gasteiger charge is 2.46. The zero-order valence-corrected chi connectivity index (χ0v) is 13.0. The lowest BCUT2D eigenvalue weighted by Crippen LogP contribution is -2.69. The van der Waals surface area contributed by atoms with Crippen molar-refractivity contribution in [3.63, 3.8) is 0 Å². The summed E-state index contributed by atoms with van der Waals surface area (Å²) in [5.41, 5.74) is 0.824. The number of nitrogens with zero attached hydrogens (tertiary/aromatic N) is 1. The molecule has 0 bridgehead atoms. The molecule has 0 unspecified atom stereocenters. The lowest BCUT2D eigenvalue weighted by Gasteiger charge is -2.54. The summed E-state index contributed by atoms with van der Waals surface area (Å²) < 4.78 is 0. The van der Waals surface area contributed by atoms with Crippen LogP contribution in [0.5, 0.6) is 0 Å². The molecule has 0 aromatic carbocycles. The first-order valence-electron chi connectivity index (χ1n) is 8.63. The molecule has 2 nitrogen and oxygen atoms in total. The van der Waals surface area contributed by atoms with Gasteiger partial charge in [-0.3, -0.25) is 4.90 Å². The molecule has 2 aliphatic carbocycles. The van der Waals surface area contributed by atoms with Gasteiger partial charge in [-0.25, -0.2) is 0 Å². The molecule has 1 aliphatic heterocycles. The van der Waals surface area contributed by atoms with Gasteiger partial charge in [0.15, 0.2) is 0 Å². The largest absolute Gasteiger partial charge is 0.308 e. The van der Waals surface area contributed by atoms with Gasteiger partial charge in [-0.1, -0.05) is 38.5 Å². The SMILES string of the molecule is CC1(C)CNC2(CCCC2)CN1C1CCCCCC1. The van der Waals surface area contributed by atoms with Gasteiger partial charge in [-0.2, -0.15) is 0 Å². The van der Waals surface area contributed by atoms with E-state index in [0.717, 1.165) is 6.04 Å². The average Bonchev–Trinajstić information content (AvgIpc) is 2.67. The smallest absolute Gasteiger partial charge is 0.0309 e. The zero-order valence-electron chi connectivity index (χ0n) is 13.0.